The van der Waals surface area contributed by atoms with Crippen LogP contribution in [0.15, 0.2) is 41.2 Å². The Labute approximate surface area is 151 Å². The summed E-state index contributed by atoms with van der Waals surface area (Å²) in [5, 5.41) is 4.19. The number of pyridine rings is 1. The number of thiophene rings is 1. The molecule has 2 aliphatic rings. The summed E-state index contributed by atoms with van der Waals surface area (Å²) in [5.74, 6) is -0.0451. The Morgan fingerprint density at radius 3 is 3.00 bits per heavy atom. The molecule has 4 rings (SSSR count). The largest absolute Gasteiger partial charge is 0.336 e. The maximum absolute atomic E-state index is 13.0. The highest BCUT2D eigenvalue weighted by Crippen LogP contribution is 2.35. The number of likely N-dealkylation sites (tertiary alicyclic amines) is 2. The van der Waals surface area contributed by atoms with Gasteiger partial charge in [0.2, 0.25) is 11.8 Å². The van der Waals surface area contributed by atoms with Crippen LogP contribution in [-0.4, -0.2) is 39.7 Å². The van der Waals surface area contributed by atoms with E-state index in [0.717, 1.165) is 25.1 Å². The zero-order valence-corrected chi connectivity index (χ0v) is 14.8. The van der Waals surface area contributed by atoms with Crippen molar-refractivity contribution in [3.8, 4) is 0 Å². The third-order valence-corrected chi connectivity index (χ3v) is 5.81. The fourth-order valence-electron chi connectivity index (χ4n) is 3.85. The number of nitrogens with zero attached hydrogens (tertiary/aromatic N) is 3. The van der Waals surface area contributed by atoms with Gasteiger partial charge >= 0.3 is 0 Å². The highest BCUT2D eigenvalue weighted by molar-refractivity contribution is 7.08. The van der Waals surface area contributed by atoms with Gasteiger partial charge in [-0.1, -0.05) is 6.07 Å². The summed E-state index contributed by atoms with van der Waals surface area (Å²) in [4.78, 5) is 33.4. The zero-order valence-electron chi connectivity index (χ0n) is 14.0. The molecule has 2 aliphatic heterocycles. The van der Waals surface area contributed by atoms with E-state index in [0.29, 0.717) is 19.5 Å². The Morgan fingerprint density at radius 1 is 1.32 bits per heavy atom. The van der Waals surface area contributed by atoms with Crippen LogP contribution in [0.4, 0.5) is 0 Å². The molecule has 2 amide bonds. The first kappa shape index (κ1) is 16.3. The van der Waals surface area contributed by atoms with Gasteiger partial charge in [-0.15, -0.1) is 0 Å². The van der Waals surface area contributed by atoms with E-state index in [9.17, 15) is 9.59 Å². The number of hydrogen-bond acceptors (Lipinski definition) is 4. The van der Waals surface area contributed by atoms with E-state index in [-0.39, 0.29) is 23.8 Å². The maximum atomic E-state index is 13.0. The van der Waals surface area contributed by atoms with Gasteiger partial charge < -0.3 is 9.80 Å². The molecular formula is C19H21N3O2S. The fraction of sp³-hybridized carbons (Fsp3) is 0.421. The number of carbonyl (C=O) groups excluding carboxylic acids is 2. The topological polar surface area (TPSA) is 53.5 Å². The second-order valence-electron chi connectivity index (χ2n) is 6.74. The van der Waals surface area contributed by atoms with E-state index >= 15 is 0 Å². The van der Waals surface area contributed by atoms with Crippen LogP contribution < -0.4 is 0 Å². The lowest BCUT2D eigenvalue weighted by atomic mass is 10.0. The fourth-order valence-corrected chi connectivity index (χ4v) is 4.56. The molecule has 0 spiro atoms. The van der Waals surface area contributed by atoms with Crippen molar-refractivity contribution >= 4 is 23.2 Å². The van der Waals surface area contributed by atoms with E-state index in [2.05, 4.69) is 21.8 Å². The second-order valence-corrected chi connectivity index (χ2v) is 7.52. The Bertz CT molecular complexity index is 747. The van der Waals surface area contributed by atoms with E-state index in [1.807, 2.05) is 23.1 Å². The summed E-state index contributed by atoms with van der Waals surface area (Å²) in [6, 6.07) is 7.98. The minimum atomic E-state index is -0.226. The molecule has 0 aromatic carbocycles. The van der Waals surface area contributed by atoms with Crippen molar-refractivity contribution in [3.05, 3.63) is 52.5 Å². The van der Waals surface area contributed by atoms with Gasteiger partial charge in [0.25, 0.3) is 0 Å². The van der Waals surface area contributed by atoms with E-state index in [1.165, 1.54) is 5.56 Å². The highest BCUT2D eigenvalue weighted by Gasteiger charge is 2.40. The van der Waals surface area contributed by atoms with Crippen molar-refractivity contribution < 1.29 is 9.59 Å². The summed E-state index contributed by atoms with van der Waals surface area (Å²) in [6.45, 7) is 1.78. The van der Waals surface area contributed by atoms with Crippen molar-refractivity contribution in [1.82, 2.24) is 14.8 Å². The van der Waals surface area contributed by atoms with Gasteiger partial charge in [-0.3, -0.25) is 14.6 Å². The van der Waals surface area contributed by atoms with E-state index < -0.39 is 0 Å². The molecule has 4 heterocycles. The van der Waals surface area contributed by atoms with Crippen LogP contribution in [0.25, 0.3) is 0 Å². The van der Waals surface area contributed by atoms with Crippen LogP contribution in [0.2, 0.25) is 0 Å². The minimum Gasteiger partial charge on any atom is -0.336 e. The smallest absolute Gasteiger partial charge is 0.228 e. The zero-order chi connectivity index (χ0) is 17.2. The van der Waals surface area contributed by atoms with Crippen LogP contribution in [0.3, 0.4) is 0 Å². The number of hydrogen-bond donors (Lipinski definition) is 0. The monoisotopic (exact) mass is 355 g/mol. The molecule has 2 aromatic rings. The maximum Gasteiger partial charge on any atom is 0.228 e. The molecule has 25 heavy (non-hydrogen) atoms. The Morgan fingerprint density at radius 2 is 2.24 bits per heavy atom. The third kappa shape index (κ3) is 3.31. The molecule has 2 saturated heterocycles. The van der Waals surface area contributed by atoms with Gasteiger partial charge in [-0.2, -0.15) is 11.3 Å². The van der Waals surface area contributed by atoms with Gasteiger partial charge in [0.15, 0.2) is 0 Å². The molecule has 2 unspecified atom stereocenters. The molecule has 0 radical (unpaired) electrons. The predicted molar refractivity (Wildman–Crippen MR) is 95.8 cm³/mol. The first-order chi connectivity index (χ1) is 12.2. The van der Waals surface area contributed by atoms with Crippen molar-refractivity contribution in [1.29, 1.82) is 0 Å². The van der Waals surface area contributed by atoms with Gasteiger partial charge in [-0.25, -0.2) is 0 Å². The lowest BCUT2D eigenvalue weighted by molar-refractivity contribution is -0.136. The van der Waals surface area contributed by atoms with Gasteiger partial charge in [0.1, 0.15) is 0 Å². The predicted octanol–water partition coefficient (Wildman–Crippen LogP) is 2.86. The summed E-state index contributed by atoms with van der Waals surface area (Å²) < 4.78 is 0. The number of rotatable bonds is 4. The number of carbonyl (C=O) groups is 2. The SMILES string of the molecule is O=C1CC(C(=O)N2CCCC2c2ccsc2)CN1Cc1ccccn1. The average molecular weight is 355 g/mol. The first-order valence-electron chi connectivity index (χ1n) is 8.72. The molecule has 0 bridgehead atoms. The van der Waals surface area contributed by atoms with Crippen LogP contribution >= 0.6 is 11.3 Å². The Balaban J connectivity index is 1.43. The standard InChI is InChI=1S/C19H21N3O2S/c23-18-10-15(11-21(18)12-16-4-1-2-7-20-16)19(24)22-8-3-5-17(22)14-6-9-25-13-14/h1-2,4,6-7,9,13,15,17H,3,5,8,10-12H2. The molecule has 2 atom stereocenters. The first-order valence-corrected chi connectivity index (χ1v) is 9.67. The lowest BCUT2D eigenvalue weighted by Gasteiger charge is -2.27. The molecule has 6 heteroatoms. The van der Waals surface area contributed by atoms with E-state index in [1.54, 1.807) is 22.4 Å². The molecule has 0 saturated carbocycles. The van der Waals surface area contributed by atoms with Gasteiger partial charge in [0.05, 0.1) is 24.2 Å². The van der Waals surface area contributed by atoms with Crippen molar-refractivity contribution in [2.24, 2.45) is 5.92 Å². The highest BCUT2D eigenvalue weighted by atomic mass is 32.1. The summed E-state index contributed by atoms with van der Waals surface area (Å²) in [7, 11) is 0. The molecular weight excluding hydrogens is 334 g/mol. The minimum absolute atomic E-state index is 0.0512. The number of amides is 2. The van der Waals surface area contributed by atoms with Gasteiger partial charge in [-0.05, 0) is 47.4 Å². The number of aromatic nitrogens is 1. The molecule has 0 aliphatic carbocycles. The van der Waals surface area contributed by atoms with Crippen LogP contribution in [0, 0.1) is 5.92 Å². The molecule has 130 valence electrons. The second kappa shape index (κ2) is 6.96. The van der Waals surface area contributed by atoms with E-state index in [4.69, 9.17) is 0 Å². The molecule has 2 aromatic heterocycles. The Hall–Kier alpha value is -2.21. The molecule has 2 fully saturated rings. The lowest BCUT2D eigenvalue weighted by Crippen LogP contribution is -2.37. The summed E-state index contributed by atoms with van der Waals surface area (Å²) >= 11 is 1.67. The summed E-state index contributed by atoms with van der Waals surface area (Å²) in [5.41, 5.74) is 2.09. The van der Waals surface area contributed by atoms with Crippen LogP contribution in [0.1, 0.15) is 36.6 Å². The van der Waals surface area contributed by atoms with Crippen molar-refractivity contribution in [2.45, 2.75) is 31.8 Å². The van der Waals surface area contributed by atoms with Gasteiger partial charge in [0, 0.05) is 25.7 Å². The molecule has 5 nitrogen and oxygen atoms in total. The van der Waals surface area contributed by atoms with Crippen molar-refractivity contribution in [3.63, 3.8) is 0 Å². The quantitative estimate of drug-likeness (QED) is 0.847. The third-order valence-electron chi connectivity index (χ3n) is 5.11. The van der Waals surface area contributed by atoms with Crippen molar-refractivity contribution in [2.75, 3.05) is 13.1 Å². The van der Waals surface area contributed by atoms with Crippen LogP contribution in [0.5, 0.6) is 0 Å². The van der Waals surface area contributed by atoms with Crippen LogP contribution in [-0.2, 0) is 16.1 Å². The average Bonchev–Trinajstić information content (AvgIpc) is 3.36. The Kier molecular flexibility index (Phi) is 4.53. The molecule has 0 N–H and O–H groups in total. The summed E-state index contributed by atoms with van der Waals surface area (Å²) in [6.07, 6.45) is 4.10. The normalized spacial score (nSPS) is 23.4.